The van der Waals surface area contributed by atoms with Gasteiger partial charge >= 0.3 is 5.97 Å². The summed E-state index contributed by atoms with van der Waals surface area (Å²) in [6, 6.07) is -4.57. The van der Waals surface area contributed by atoms with Crippen LogP contribution in [-0.2, 0) is 19.2 Å². The number of carboxylic acid groups (broad SMARTS) is 1. The molecule has 1 saturated heterocycles. The van der Waals surface area contributed by atoms with Crippen molar-refractivity contribution in [1.82, 2.24) is 15.5 Å². The number of amides is 3. The first-order chi connectivity index (χ1) is 12.5. The molecule has 11 heteroatoms. The molecule has 1 aliphatic heterocycles. The first kappa shape index (κ1) is 22.8. The Hall–Kier alpha value is -2.24. The zero-order valence-corrected chi connectivity index (χ0v) is 15.6. The van der Waals surface area contributed by atoms with Crippen molar-refractivity contribution in [1.29, 1.82) is 0 Å². The number of likely N-dealkylation sites (tertiary alicyclic amines) is 1. The van der Waals surface area contributed by atoms with E-state index in [-0.39, 0.29) is 6.54 Å². The van der Waals surface area contributed by atoms with E-state index in [0.29, 0.717) is 12.8 Å². The van der Waals surface area contributed by atoms with Crippen LogP contribution in [0, 0.1) is 0 Å². The van der Waals surface area contributed by atoms with Gasteiger partial charge < -0.3 is 36.6 Å². The summed E-state index contributed by atoms with van der Waals surface area (Å²) >= 11 is 0. The van der Waals surface area contributed by atoms with Gasteiger partial charge in [-0.25, -0.2) is 4.79 Å². The lowest BCUT2D eigenvalue weighted by molar-refractivity contribution is -0.147. The smallest absolute Gasteiger partial charge is 0.328 e. The van der Waals surface area contributed by atoms with Gasteiger partial charge in [-0.05, 0) is 33.6 Å². The lowest BCUT2D eigenvalue weighted by atomic mass is 10.1. The van der Waals surface area contributed by atoms with Crippen LogP contribution in [0.25, 0.3) is 0 Å². The molecule has 0 aromatic carbocycles. The quantitative estimate of drug-likeness (QED) is 0.256. The summed E-state index contributed by atoms with van der Waals surface area (Å²) in [7, 11) is 0. The van der Waals surface area contributed by atoms with Gasteiger partial charge in [0, 0.05) is 6.54 Å². The van der Waals surface area contributed by atoms with E-state index < -0.39 is 60.1 Å². The fourth-order valence-electron chi connectivity index (χ4n) is 2.78. The molecule has 6 atom stereocenters. The number of aliphatic hydroxyl groups is 2. The number of carboxylic acids is 1. The van der Waals surface area contributed by atoms with Crippen molar-refractivity contribution < 1.29 is 34.5 Å². The third-order valence-corrected chi connectivity index (χ3v) is 4.44. The van der Waals surface area contributed by atoms with Crippen LogP contribution in [0.15, 0.2) is 0 Å². The first-order valence-corrected chi connectivity index (χ1v) is 8.73. The largest absolute Gasteiger partial charge is 0.480 e. The molecule has 0 radical (unpaired) electrons. The summed E-state index contributed by atoms with van der Waals surface area (Å²) in [5.74, 6) is -3.30. The van der Waals surface area contributed by atoms with Crippen LogP contribution in [-0.4, -0.2) is 86.8 Å². The lowest BCUT2D eigenvalue weighted by Gasteiger charge is -2.29. The van der Waals surface area contributed by atoms with Crippen LogP contribution in [0.5, 0.6) is 0 Å². The predicted octanol–water partition coefficient (Wildman–Crippen LogP) is -2.86. The van der Waals surface area contributed by atoms with E-state index in [9.17, 15) is 29.4 Å². The Balaban J connectivity index is 2.77. The second-order valence-corrected chi connectivity index (χ2v) is 6.75. The highest BCUT2D eigenvalue weighted by Gasteiger charge is 2.38. The lowest BCUT2D eigenvalue weighted by Crippen LogP contribution is -2.58. The Kier molecular flexibility index (Phi) is 8.13. The number of aliphatic hydroxyl groups excluding tert-OH is 2. The second-order valence-electron chi connectivity index (χ2n) is 6.75. The summed E-state index contributed by atoms with van der Waals surface area (Å²) in [5.41, 5.74) is 5.52. The summed E-state index contributed by atoms with van der Waals surface area (Å²) < 4.78 is 0. The number of hydrogen-bond acceptors (Lipinski definition) is 7. The van der Waals surface area contributed by atoms with E-state index in [1.165, 1.54) is 25.7 Å². The van der Waals surface area contributed by atoms with Gasteiger partial charge in [-0.1, -0.05) is 0 Å². The first-order valence-electron chi connectivity index (χ1n) is 8.73. The van der Waals surface area contributed by atoms with Gasteiger partial charge in [0.2, 0.25) is 17.7 Å². The molecule has 1 aliphatic rings. The highest BCUT2D eigenvalue weighted by Crippen LogP contribution is 2.19. The van der Waals surface area contributed by atoms with Crippen molar-refractivity contribution in [3.8, 4) is 0 Å². The van der Waals surface area contributed by atoms with Crippen LogP contribution in [0.2, 0.25) is 0 Å². The van der Waals surface area contributed by atoms with Crippen molar-refractivity contribution in [2.45, 2.75) is 70.0 Å². The molecule has 154 valence electrons. The maximum atomic E-state index is 12.6. The highest BCUT2D eigenvalue weighted by molar-refractivity contribution is 5.94. The number of carbonyl (C=O) groups is 4. The second kappa shape index (κ2) is 9.62. The fraction of sp³-hybridized carbons (Fsp3) is 0.750. The molecule has 1 fully saturated rings. The van der Waals surface area contributed by atoms with Gasteiger partial charge in [-0.3, -0.25) is 14.4 Å². The van der Waals surface area contributed by atoms with Gasteiger partial charge in [-0.2, -0.15) is 0 Å². The molecule has 0 aromatic heterocycles. The van der Waals surface area contributed by atoms with E-state index in [1.54, 1.807) is 0 Å². The Bertz CT molecular complexity index is 581. The standard InChI is InChI=1S/C16H28N4O7/c1-7(18-14(24)11(17)8(2)21)15(25)20-6-4-5-10(20)13(23)19-12(9(3)22)16(26)27/h7-12,21-22H,4-6,17H2,1-3H3,(H,18,24)(H,19,23)(H,26,27)/t7-,8+,9+,10-,11-,12-/m0/s1. The topological polar surface area (TPSA) is 182 Å². The van der Waals surface area contributed by atoms with E-state index in [0.717, 1.165) is 0 Å². The third-order valence-electron chi connectivity index (χ3n) is 4.44. The van der Waals surface area contributed by atoms with Crippen molar-refractivity contribution >= 4 is 23.7 Å². The Morgan fingerprint density at radius 3 is 2.15 bits per heavy atom. The Labute approximate surface area is 156 Å². The number of nitrogens with zero attached hydrogens (tertiary/aromatic N) is 1. The van der Waals surface area contributed by atoms with Crippen LogP contribution in [0.3, 0.4) is 0 Å². The molecule has 0 bridgehead atoms. The Morgan fingerprint density at radius 1 is 1.07 bits per heavy atom. The molecule has 1 rings (SSSR count). The predicted molar refractivity (Wildman–Crippen MR) is 93.2 cm³/mol. The van der Waals surface area contributed by atoms with Crippen LogP contribution in [0.4, 0.5) is 0 Å². The molecule has 1 heterocycles. The van der Waals surface area contributed by atoms with Crippen LogP contribution < -0.4 is 16.4 Å². The number of nitrogens with two attached hydrogens (primary N) is 1. The minimum atomic E-state index is -1.49. The SMILES string of the molecule is C[C@H](NC(=O)[C@@H](N)[C@@H](C)O)C(=O)N1CCC[C@H]1C(=O)N[C@H](C(=O)O)[C@@H](C)O. The number of aliphatic carboxylic acids is 1. The summed E-state index contributed by atoms with van der Waals surface area (Å²) in [4.78, 5) is 49.3. The van der Waals surface area contributed by atoms with E-state index in [4.69, 9.17) is 10.8 Å². The normalized spacial score (nSPS) is 22.3. The van der Waals surface area contributed by atoms with Gasteiger partial charge in [-0.15, -0.1) is 0 Å². The fourth-order valence-corrected chi connectivity index (χ4v) is 2.78. The molecular formula is C16H28N4O7. The minimum absolute atomic E-state index is 0.270. The van der Waals surface area contributed by atoms with E-state index in [2.05, 4.69) is 10.6 Å². The molecule has 0 aromatic rings. The number of rotatable bonds is 8. The van der Waals surface area contributed by atoms with Gasteiger partial charge in [0.1, 0.15) is 18.1 Å². The molecular weight excluding hydrogens is 360 g/mol. The summed E-state index contributed by atoms with van der Waals surface area (Å²) in [6.07, 6.45) is -1.54. The van der Waals surface area contributed by atoms with Gasteiger partial charge in [0.25, 0.3) is 0 Å². The maximum absolute atomic E-state index is 12.6. The third kappa shape index (κ3) is 5.88. The van der Waals surface area contributed by atoms with E-state index in [1.807, 2.05) is 0 Å². The van der Waals surface area contributed by atoms with Crippen molar-refractivity contribution in [3.05, 3.63) is 0 Å². The molecule has 3 amide bonds. The molecule has 7 N–H and O–H groups in total. The average molecular weight is 388 g/mol. The number of hydrogen-bond donors (Lipinski definition) is 6. The van der Waals surface area contributed by atoms with Gasteiger partial charge in [0.05, 0.1) is 12.2 Å². The molecule has 27 heavy (non-hydrogen) atoms. The monoisotopic (exact) mass is 388 g/mol. The Morgan fingerprint density at radius 2 is 1.67 bits per heavy atom. The molecule has 0 unspecified atom stereocenters. The van der Waals surface area contributed by atoms with Crippen molar-refractivity contribution in [2.24, 2.45) is 5.73 Å². The molecule has 0 aliphatic carbocycles. The van der Waals surface area contributed by atoms with Crippen LogP contribution >= 0.6 is 0 Å². The van der Waals surface area contributed by atoms with Gasteiger partial charge in [0.15, 0.2) is 6.04 Å². The van der Waals surface area contributed by atoms with E-state index >= 15 is 0 Å². The molecule has 0 spiro atoms. The summed E-state index contributed by atoms with van der Waals surface area (Å²) in [5, 5.41) is 32.5. The summed E-state index contributed by atoms with van der Waals surface area (Å²) in [6.45, 7) is 4.28. The molecule has 11 nitrogen and oxygen atoms in total. The van der Waals surface area contributed by atoms with Crippen molar-refractivity contribution in [2.75, 3.05) is 6.54 Å². The minimum Gasteiger partial charge on any atom is -0.480 e. The highest BCUT2D eigenvalue weighted by atomic mass is 16.4. The molecule has 0 saturated carbocycles. The number of nitrogens with one attached hydrogen (secondary N) is 2. The van der Waals surface area contributed by atoms with Crippen LogP contribution in [0.1, 0.15) is 33.6 Å². The average Bonchev–Trinajstić information content (AvgIpc) is 3.06. The zero-order valence-electron chi connectivity index (χ0n) is 15.6. The zero-order chi connectivity index (χ0) is 20.9. The van der Waals surface area contributed by atoms with Crippen molar-refractivity contribution in [3.63, 3.8) is 0 Å². The number of carbonyl (C=O) groups excluding carboxylic acids is 3. The maximum Gasteiger partial charge on any atom is 0.328 e.